The Balaban J connectivity index is 1.63. The molecule has 4 rings (SSSR count). The van der Waals surface area contributed by atoms with Crippen LogP contribution in [-0.2, 0) is 0 Å². The molecule has 0 saturated carbocycles. The molecule has 7 nitrogen and oxygen atoms in total. The molecule has 0 atom stereocenters. The van der Waals surface area contributed by atoms with Crippen molar-refractivity contribution < 1.29 is 0 Å². The summed E-state index contributed by atoms with van der Waals surface area (Å²) in [5, 5.41) is 11.6. The van der Waals surface area contributed by atoms with E-state index in [1.54, 1.807) is 0 Å². The minimum atomic E-state index is 0.309. The molecule has 3 N–H and O–H groups in total. The summed E-state index contributed by atoms with van der Waals surface area (Å²) in [6.45, 7) is 6.00. The molecule has 0 unspecified atom stereocenters. The summed E-state index contributed by atoms with van der Waals surface area (Å²) >= 11 is 5.98. The molecule has 33 heavy (non-hydrogen) atoms. The van der Waals surface area contributed by atoms with Gasteiger partial charge in [0, 0.05) is 16.4 Å². The van der Waals surface area contributed by atoms with Gasteiger partial charge in [-0.05, 0) is 62.2 Å². The number of anilines is 5. The van der Waals surface area contributed by atoms with Gasteiger partial charge in [0.2, 0.25) is 17.8 Å². The molecule has 0 saturated heterocycles. The van der Waals surface area contributed by atoms with Crippen LogP contribution in [-0.4, -0.2) is 20.7 Å². The van der Waals surface area contributed by atoms with Crippen molar-refractivity contribution >= 4 is 46.5 Å². The fraction of sp³-hybridized carbons (Fsp3) is 0.120. The Morgan fingerprint density at radius 1 is 0.788 bits per heavy atom. The Morgan fingerprint density at radius 2 is 1.45 bits per heavy atom. The summed E-state index contributed by atoms with van der Waals surface area (Å²) in [4.78, 5) is 13.5. The molecule has 8 heteroatoms. The maximum atomic E-state index is 5.98. The minimum Gasteiger partial charge on any atom is -0.324 e. The molecule has 4 aromatic rings. The average molecular weight is 458 g/mol. The zero-order valence-corrected chi connectivity index (χ0v) is 19.4. The van der Waals surface area contributed by atoms with Crippen molar-refractivity contribution in [3.8, 4) is 0 Å². The van der Waals surface area contributed by atoms with Gasteiger partial charge in [-0.25, -0.2) is 5.43 Å². The van der Waals surface area contributed by atoms with Crippen molar-refractivity contribution in [3.05, 3.63) is 94.5 Å². The second kappa shape index (κ2) is 10.1. The maximum Gasteiger partial charge on any atom is 0.250 e. The van der Waals surface area contributed by atoms with E-state index in [2.05, 4.69) is 49.1 Å². The average Bonchev–Trinajstić information content (AvgIpc) is 2.80. The van der Waals surface area contributed by atoms with Gasteiger partial charge in [-0.2, -0.15) is 20.1 Å². The molecule has 0 fully saturated rings. The van der Waals surface area contributed by atoms with E-state index in [0.29, 0.717) is 22.9 Å². The Kier molecular flexibility index (Phi) is 6.80. The molecule has 1 heterocycles. The van der Waals surface area contributed by atoms with E-state index in [-0.39, 0.29) is 0 Å². The van der Waals surface area contributed by atoms with Crippen molar-refractivity contribution in [1.29, 1.82) is 0 Å². The summed E-state index contributed by atoms with van der Waals surface area (Å²) in [5.74, 6) is 1.10. The zero-order valence-electron chi connectivity index (χ0n) is 18.6. The maximum absolute atomic E-state index is 5.98. The second-order valence-corrected chi connectivity index (χ2v) is 7.99. The first-order chi connectivity index (χ1) is 16.0. The van der Waals surface area contributed by atoms with E-state index in [1.165, 1.54) is 5.56 Å². The van der Waals surface area contributed by atoms with E-state index in [9.17, 15) is 0 Å². The van der Waals surface area contributed by atoms with E-state index >= 15 is 0 Å². The van der Waals surface area contributed by atoms with Crippen LogP contribution >= 0.6 is 11.6 Å². The number of hydrazone groups is 1. The smallest absolute Gasteiger partial charge is 0.250 e. The van der Waals surface area contributed by atoms with Crippen LogP contribution < -0.4 is 16.1 Å². The number of nitrogens with one attached hydrogen (secondary N) is 3. The highest BCUT2D eigenvalue weighted by Gasteiger charge is 2.09. The van der Waals surface area contributed by atoms with Crippen molar-refractivity contribution in [2.75, 3.05) is 16.1 Å². The Morgan fingerprint density at radius 3 is 2.15 bits per heavy atom. The van der Waals surface area contributed by atoms with Crippen LogP contribution in [0.25, 0.3) is 0 Å². The minimum absolute atomic E-state index is 0.309. The van der Waals surface area contributed by atoms with Crippen LogP contribution in [0.3, 0.4) is 0 Å². The lowest BCUT2D eigenvalue weighted by Crippen LogP contribution is -2.08. The lowest BCUT2D eigenvalue weighted by atomic mass is 10.1. The van der Waals surface area contributed by atoms with E-state index in [4.69, 9.17) is 11.6 Å². The third kappa shape index (κ3) is 6.05. The fourth-order valence-corrected chi connectivity index (χ4v) is 3.28. The number of rotatable bonds is 7. The number of nitrogens with zero attached hydrogens (tertiary/aromatic N) is 4. The third-order valence-corrected chi connectivity index (χ3v) is 5.13. The van der Waals surface area contributed by atoms with Crippen molar-refractivity contribution in [3.63, 3.8) is 0 Å². The molecule has 0 aliphatic rings. The predicted octanol–water partition coefficient (Wildman–Crippen LogP) is 6.47. The standard InChI is InChI=1S/C25H24ClN7/c1-16-9-14-22(17(2)15-16)28-24-29-23(27-21-7-5-4-6-8-21)30-25(31-24)33-32-18(3)19-10-12-20(26)13-11-19/h4-15H,1-3H3,(H3,27,28,29,30,31,33)/b32-18+. The summed E-state index contributed by atoms with van der Waals surface area (Å²) in [6, 6.07) is 23.3. The van der Waals surface area contributed by atoms with E-state index in [1.807, 2.05) is 80.6 Å². The predicted molar refractivity (Wildman–Crippen MR) is 136 cm³/mol. The molecular weight excluding hydrogens is 434 g/mol. The van der Waals surface area contributed by atoms with Crippen LogP contribution in [0.4, 0.5) is 29.2 Å². The van der Waals surface area contributed by atoms with Gasteiger partial charge < -0.3 is 10.6 Å². The van der Waals surface area contributed by atoms with Gasteiger partial charge in [0.1, 0.15) is 0 Å². The molecule has 0 bridgehead atoms. The summed E-state index contributed by atoms with van der Waals surface area (Å²) < 4.78 is 0. The van der Waals surface area contributed by atoms with Gasteiger partial charge in [-0.3, -0.25) is 0 Å². The molecular formula is C25H24ClN7. The SMILES string of the molecule is C/C(=N\Nc1nc(Nc2ccccc2)nc(Nc2ccc(C)cc2C)n1)c1ccc(Cl)cc1. The number of para-hydroxylation sites is 1. The molecule has 0 aliphatic carbocycles. The van der Waals surface area contributed by atoms with Crippen molar-refractivity contribution in [2.45, 2.75) is 20.8 Å². The molecule has 1 aromatic heterocycles. The Bertz CT molecular complexity index is 1270. The number of hydrogen-bond donors (Lipinski definition) is 3. The van der Waals surface area contributed by atoms with Gasteiger partial charge in [-0.1, -0.05) is 59.6 Å². The van der Waals surface area contributed by atoms with Gasteiger partial charge in [0.05, 0.1) is 5.71 Å². The zero-order chi connectivity index (χ0) is 23.2. The van der Waals surface area contributed by atoms with Gasteiger partial charge in [0.25, 0.3) is 0 Å². The normalized spacial score (nSPS) is 11.2. The van der Waals surface area contributed by atoms with Gasteiger partial charge in [-0.15, -0.1) is 0 Å². The Hall–Kier alpha value is -3.97. The first-order valence-electron chi connectivity index (χ1n) is 10.4. The number of aromatic nitrogens is 3. The second-order valence-electron chi connectivity index (χ2n) is 7.56. The third-order valence-electron chi connectivity index (χ3n) is 4.88. The molecule has 0 radical (unpaired) electrons. The quantitative estimate of drug-likeness (QED) is 0.218. The van der Waals surface area contributed by atoms with Crippen molar-refractivity contribution in [2.24, 2.45) is 5.10 Å². The lowest BCUT2D eigenvalue weighted by molar-refractivity contribution is 1.04. The van der Waals surface area contributed by atoms with Gasteiger partial charge in [0.15, 0.2) is 0 Å². The Labute approximate surface area is 198 Å². The molecule has 0 aliphatic heterocycles. The highest BCUT2D eigenvalue weighted by atomic mass is 35.5. The highest BCUT2D eigenvalue weighted by molar-refractivity contribution is 6.30. The monoisotopic (exact) mass is 457 g/mol. The highest BCUT2D eigenvalue weighted by Crippen LogP contribution is 2.22. The van der Waals surface area contributed by atoms with Crippen molar-refractivity contribution in [1.82, 2.24) is 15.0 Å². The van der Waals surface area contributed by atoms with Crippen LogP contribution in [0.2, 0.25) is 5.02 Å². The fourth-order valence-electron chi connectivity index (χ4n) is 3.15. The lowest BCUT2D eigenvalue weighted by Gasteiger charge is -2.12. The summed E-state index contributed by atoms with van der Waals surface area (Å²) in [7, 11) is 0. The molecule has 166 valence electrons. The van der Waals surface area contributed by atoms with Crippen LogP contribution in [0.15, 0.2) is 77.9 Å². The largest absolute Gasteiger partial charge is 0.324 e. The molecule has 0 spiro atoms. The number of halogens is 1. The topological polar surface area (TPSA) is 87.1 Å². The van der Waals surface area contributed by atoms with E-state index < -0.39 is 0 Å². The van der Waals surface area contributed by atoms with E-state index in [0.717, 1.165) is 28.2 Å². The van der Waals surface area contributed by atoms with Gasteiger partial charge >= 0.3 is 0 Å². The summed E-state index contributed by atoms with van der Waals surface area (Å²) in [6.07, 6.45) is 0. The number of hydrogen-bond acceptors (Lipinski definition) is 7. The van der Waals surface area contributed by atoms with Crippen LogP contribution in [0.1, 0.15) is 23.6 Å². The van der Waals surface area contributed by atoms with Crippen LogP contribution in [0.5, 0.6) is 0 Å². The molecule has 3 aromatic carbocycles. The number of benzene rings is 3. The number of aryl methyl sites for hydroxylation is 2. The summed E-state index contributed by atoms with van der Waals surface area (Å²) in [5.41, 5.74) is 8.73. The van der Waals surface area contributed by atoms with Crippen LogP contribution in [0, 0.1) is 13.8 Å². The first-order valence-corrected chi connectivity index (χ1v) is 10.8. The molecule has 0 amide bonds. The first kappa shape index (κ1) is 22.2.